The summed E-state index contributed by atoms with van der Waals surface area (Å²) in [6, 6.07) is 19.4. The molecule has 20 heavy (non-hydrogen) atoms. The summed E-state index contributed by atoms with van der Waals surface area (Å²) in [6.07, 6.45) is 0.998. The maximum absolute atomic E-state index is 4.74. The van der Waals surface area contributed by atoms with Crippen molar-refractivity contribution in [1.29, 1.82) is 0 Å². The van der Waals surface area contributed by atoms with Crippen molar-refractivity contribution >= 4 is 23.9 Å². The highest BCUT2D eigenvalue weighted by Gasteiger charge is 2.22. The number of halogens is 1. The number of fused-ring (bicyclic) bond motifs is 1. The van der Waals surface area contributed by atoms with Gasteiger partial charge in [0.15, 0.2) is 0 Å². The molecule has 0 amide bonds. The monoisotopic (exact) mass is 286 g/mol. The van der Waals surface area contributed by atoms with E-state index >= 15 is 0 Å². The molecule has 104 valence electrons. The SMILES string of the molecule is CC1=Nc2ccccc2C[C@@H](c2ccccc2)N1C.Cl. The highest BCUT2D eigenvalue weighted by molar-refractivity contribution is 5.85. The van der Waals surface area contributed by atoms with Gasteiger partial charge in [-0.25, -0.2) is 4.99 Å². The molecule has 0 aromatic heterocycles. The molecule has 2 nitrogen and oxygen atoms in total. The molecule has 3 rings (SSSR count). The molecule has 1 aliphatic heterocycles. The molecule has 0 aliphatic carbocycles. The van der Waals surface area contributed by atoms with Gasteiger partial charge >= 0.3 is 0 Å². The maximum Gasteiger partial charge on any atom is 0.102 e. The summed E-state index contributed by atoms with van der Waals surface area (Å²) in [5.74, 6) is 1.07. The van der Waals surface area contributed by atoms with Gasteiger partial charge in [0.1, 0.15) is 5.84 Å². The Hall–Kier alpha value is -1.80. The Balaban J connectivity index is 0.00000147. The highest BCUT2D eigenvalue weighted by Crippen LogP contribution is 2.32. The second-order valence-corrected chi connectivity index (χ2v) is 5.03. The molecule has 0 spiro atoms. The van der Waals surface area contributed by atoms with Gasteiger partial charge in [0, 0.05) is 7.05 Å². The summed E-state index contributed by atoms with van der Waals surface area (Å²) in [7, 11) is 2.13. The number of amidine groups is 1. The normalized spacial score (nSPS) is 17.6. The van der Waals surface area contributed by atoms with E-state index in [4.69, 9.17) is 4.99 Å². The lowest BCUT2D eigenvalue weighted by atomic mass is 9.97. The van der Waals surface area contributed by atoms with Crippen LogP contribution < -0.4 is 0 Å². The zero-order valence-corrected chi connectivity index (χ0v) is 12.6. The lowest BCUT2D eigenvalue weighted by Crippen LogP contribution is -2.29. The third-order valence-corrected chi connectivity index (χ3v) is 3.85. The van der Waals surface area contributed by atoms with E-state index in [9.17, 15) is 0 Å². The summed E-state index contributed by atoms with van der Waals surface area (Å²) < 4.78 is 0. The van der Waals surface area contributed by atoms with Gasteiger partial charge in [-0.3, -0.25) is 0 Å². The third kappa shape index (κ3) is 2.70. The van der Waals surface area contributed by atoms with Crippen LogP contribution in [0.3, 0.4) is 0 Å². The first-order valence-electron chi connectivity index (χ1n) is 6.66. The van der Waals surface area contributed by atoms with Crippen LogP contribution in [0.25, 0.3) is 0 Å². The van der Waals surface area contributed by atoms with Gasteiger partial charge in [-0.2, -0.15) is 0 Å². The second-order valence-electron chi connectivity index (χ2n) is 5.03. The van der Waals surface area contributed by atoms with E-state index < -0.39 is 0 Å². The Labute approximate surface area is 126 Å². The number of benzene rings is 2. The largest absolute Gasteiger partial charge is 0.356 e. The lowest BCUT2D eigenvalue weighted by Gasteiger charge is -2.28. The van der Waals surface area contributed by atoms with Crippen LogP contribution in [0.1, 0.15) is 24.1 Å². The van der Waals surface area contributed by atoms with Crippen LogP contribution in [0.2, 0.25) is 0 Å². The number of aliphatic imine (C=N–C) groups is 1. The van der Waals surface area contributed by atoms with E-state index in [0.717, 1.165) is 17.9 Å². The van der Waals surface area contributed by atoms with E-state index in [-0.39, 0.29) is 12.4 Å². The molecular formula is C17H19ClN2. The minimum atomic E-state index is 0. The van der Waals surface area contributed by atoms with Gasteiger partial charge in [0.05, 0.1) is 11.7 Å². The smallest absolute Gasteiger partial charge is 0.102 e. The van der Waals surface area contributed by atoms with Crippen LogP contribution in [-0.2, 0) is 6.42 Å². The van der Waals surface area contributed by atoms with E-state index in [2.05, 4.69) is 73.5 Å². The van der Waals surface area contributed by atoms with Gasteiger partial charge in [0.25, 0.3) is 0 Å². The molecule has 0 N–H and O–H groups in total. The molecular weight excluding hydrogens is 268 g/mol. The van der Waals surface area contributed by atoms with Crippen LogP contribution in [0.15, 0.2) is 59.6 Å². The van der Waals surface area contributed by atoms with Crippen molar-refractivity contribution in [1.82, 2.24) is 4.90 Å². The summed E-state index contributed by atoms with van der Waals surface area (Å²) in [5.41, 5.74) is 3.77. The molecule has 2 aromatic rings. The Morgan fingerprint density at radius 1 is 1.00 bits per heavy atom. The van der Waals surface area contributed by atoms with Gasteiger partial charge in [-0.1, -0.05) is 48.5 Å². The minimum absolute atomic E-state index is 0. The molecule has 1 heterocycles. The zero-order chi connectivity index (χ0) is 13.2. The van der Waals surface area contributed by atoms with Crippen molar-refractivity contribution in [3.63, 3.8) is 0 Å². The fourth-order valence-electron chi connectivity index (χ4n) is 2.63. The maximum atomic E-state index is 4.74. The molecule has 1 atom stereocenters. The van der Waals surface area contributed by atoms with Crippen molar-refractivity contribution in [2.75, 3.05) is 7.05 Å². The van der Waals surface area contributed by atoms with E-state index in [1.807, 2.05) is 0 Å². The van der Waals surface area contributed by atoms with Crippen molar-refractivity contribution in [3.8, 4) is 0 Å². The average molecular weight is 287 g/mol. The fourth-order valence-corrected chi connectivity index (χ4v) is 2.63. The van der Waals surface area contributed by atoms with E-state index in [1.54, 1.807) is 0 Å². The van der Waals surface area contributed by atoms with Crippen LogP contribution in [0.5, 0.6) is 0 Å². The van der Waals surface area contributed by atoms with Crippen LogP contribution in [-0.4, -0.2) is 17.8 Å². The molecule has 3 heteroatoms. The predicted molar refractivity (Wildman–Crippen MR) is 87.1 cm³/mol. The molecule has 0 saturated carbocycles. The number of para-hydroxylation sites is 1. The molecule has 0 unspecified atom stereocenters. The van der Waals surface area contributed by atoms with Crippen molar-refractivity contribution in [3.05, 3.63) is 65.7 Å². The van der Waals surface area contributed by atoms with Gasteiger partial charge in [0.2, 0.25) is 0 Å². The molecule has 0 radical (unpaired) electrons. The lowest BCUT2D eigenvalue weighted by molar-refractivity contribution is 0.374. The summed E-state index contributed by atoms with van der Waals surface area (Å²) >= 11 is 0. The summed E-state index contributed by atoms with van der Waals surface area (Å²) in [6.45, 7) is 2.08. The van der Waals surface area contributed by atoms with Crippen LogP contribution in [0.4, 0.5) is 5.69 Å². The van der Waals surface area contributed by atoms with Crippen LogP contribution >= 0.6 is 12.4 Å². The Bertz CT molecular complexity index is 607. The molecule has 0 bridgehead atoms. The summed E-state index contributed by atoms with van der Waals surface area (Å²) in [4.78, 5) is 7.01. The van der Waals surface area contributed by atoms with Crippen molar-refractivity contribution in [2.45, 2.75) is 19.4 Å². The fraction of sp³-hybridized carbons (Fsp3) is 0.235. The van der Waals surface area contributed by atoms with E-state index in [0.29, 0.717) is 6.04 Å². The number of hydrogen-bond acceptors (Lipinski definition) is 2. The first-order valence-corrected chi connectivity index (χ1v) is 6.66. The van der Waals surface area contributed by atoms with Crippen molar-refractivity contribution < 1.29 is 0 Å². The first kappa shape index (κ1) is 14.6. The van der Waals surface area contributed by atoms with Crippen molar-refractivity contribution in [2.24, 2.45) is 4.99 Å². The average Bonchev–Trinajstić information content (AvgIpc) is 2.58. The number of likely N-dealkylation sites (N-methyl/N-ethyl adjacent to an activating group) is 1. The number of hydrogen-bond donors (Lipinski definition) is 0. The molecule has 0 saturated heterocycles. The minimum Gasteiger partial charge on any atom is -0.356 e. The van der Waals surface area contributed by atoms with Gasteiger partial charge in [-0.05, 0) is 30.5 Å². The Morgan fingerprint density at radius 2 is 1.65 bits per heavy atom. The standard InChI is InChI=1S/C17H18N2.ClH/c1-13-18-16-11-7-6-10-15(16)12-17(19(13)2)14-8-4-3-5-9-14;/h3-11,17H,12H2,1-2H3;1H/t17-;/m0./s1. The van der Waals surface area contributed by atoms with Gasteiger partial charge < -0.3 is 4.90 Å². The third-order valence-electron chi connectivity index (χ3n) is 3.85. The van der Waals surface area contributed by atoms with Gasteiger partial charge in [-0.15, -0.1) is 12.4 Å². The summed E-state index contributed by atoms with van der Waals surface area (Å²) in [5, 5.41) is 0. The Morgan fingerprint density at radius 3 is 2.40 bits per heavy atom. The van der Waals surface area contributed by atoms with E-state index in [1.165, 1.54) is 11.1 Å². The highest BCUT2D eigenvalue weighted by atomic mass is 35.5. The predicted octanol–water partition coefficient (Wildman–Crippen LogP) is 4.39. The zero-order valence-electron chi connectivity index (χ0n) is 11.8. The molecule has 2 aromatic carbocycles. The van der Waals surface area contributed by atoms with Crippen LogP contribution in [0, 0.1) is 0 Å². The first-order chi connectivity index (χ1) is 9.25. The second kappa shape index (κ2) is 6.10. The number of nitrogens with zero attached hydrogens (tertiary/aromatic N) is 2. The topological polar surface area (TPSA) is 15.6 Å². The molecule has 0 fully saturated rings. The number of rotatable bonds is 1. The Kier molecular flexibility index (Phi) is 4.46. The quantitative estimate of drug-likeness (QED) is 0.759. The molecule has 1 aliphatic rings.